The van der Waals surface area contributed by atoms with Gasteiger partial charge in [-0.15, -0.1) is 0 Å². The summed E-state index contributed by atoms with van der Waals surface area (Å²) in [6.07, 6.45) is 5.69. The molecule has 32 heavy (non-hydrogen) atoms. The molecule has 3 heterocycles. The molecule has 2 saturated carbocycles. The second kappa shape index (κ2) is 7.24. The van der Waals surface area contributed by atoms with Crippen LogP contribution in [0.2, 0.25) is 10.2 Å². The molecule has 4 atom stereocenters. The van der Waals surface area contributed by atoms with Crippen molar-refractivity contribution < 1.29 is 14.0 Å². The van der Waals surface area contributed by atoms with Gasteiger partial charge in [0, 0.05) is 53.3 Å². The largest absolute Gasteiger partial charge is 0.324 e. The maximum atomic E-state index is 15.5. The Bertz CT molecular complexity index is 1150. The highest BCUT2D eigenvalue weighted by Gasteiger charge is 2.69. The molecule has 3 fully saturated rings. The lowest BCUT2D eigenvalue weighted by Gasteiger charge is -2.40. The van der Waals surface area contributed by atoms with Crippen LogP contribution in [0.4, 0.5) is 10.1 Å². The molecule has 4 aliphatic rings. The van der Waals surface area contributed by atoms with Gasteiger partial charge in [-0.05, 0) is 55.4 Å². The predicted molar refractivity (Wildman–Crippen MR) is 119 cm³/mol. The summed E-state index contributed by atoms with van der Waals surface area (Å²) in [6, 6.07) is 6.80. The van der Waals surface area contributed by atoms with Gasteiger partial charge in [-0.25, -0.2) is 9.37 Å². The smallest absolute Gasteiger partial charge is 0.250 e. The number of nitrogens with zero attached hydrogens (tertiary/aromatic N) is 2. The van der Waals surface area contributed by atoms with Gasteiger partial charge in [0.15, 0.2) is 11.0 Å². The maximum absolute atomic E-state index is 15.5. The minimum Gasteiger partial charge on any atom is -0.324 e. The molecule has 1 saturated heterocycles. The van der Waals surface area contributed by atoms with E-state index in [1.165, 1.54) is 6.20 Å². The molecule has 6 rings (SSSR count). The second-order valence-electron chi connectivity index (χ2n) is 9.44. The van der Waals surface area contributed by atoms with Crippen LogP contribution in [-0.2, 0) is 15.1 Å². The molecule has 0 radical (unpaired) electrons. The highest BCUT2D eigenvalue weighted by atomic mass is 35.5. The van der Waals surface area contributed by atoms with E-state index in [1.54, 1.807) is 18.2 Å². The van der Waals surface area contributed by atoms with Crippen LogP contribution >= 0.6 is 23.2 Å². The topological polar surface area (TPSA) is 62.3 Å². The van der Waals surface area contributed by atoms with Crippen LogP contribution in [0.1, 0.15) is 49.1 Å². The molecule has 2 aromatic rings. The third-order valence-electron chi connectivity index (χ3n) is 7.72. The van der Waals surface area contributed by atoms with Gasteiger partial charge < -0.3 is 5.32 Å². The van der Waals surface area contributed by atoms with Crippen molar-refractivity contribution in [1.29, 1.82) is 0 Å². The molecule has 8 heteroatoms. The molecule has 0 bridgehead atoms. The Morgan fingerprint density at radius 3 is 2.78 bits per heavy atom. The van der Waals surface area contributed by atoms with Crippen molar-refractivity contribution in [3.05, 3.63) is 57.6 Å². The number of aromatic nitrogens is 1. The van der Waals surface area contributed by atoms with E-state index < -0.39 is 23.2 Å². The minimum absolute atomic E-state index is 0.0893. The number of likely N-dealkylation sites (tertiary alicyclic amines) is 1. The lowest BCUT2D eigenvalue weighted by atomic mass is 9.68. The van der Waals surface area contributed by atoms with Crippen molar-refractivity contribution in [3.63, 3.8) is 0 Å². The first-order chi connectivity index (χ1) is 15.4. The van der Waals surface area contributed by atoms with E-state index in [4.69, 9.17) is 23.2 Å². The van der Waals surface area contributed by atoms with Crippen molar-refractivity contribution >= 4 is 40.6 Å². The molecule has 1 spiro atoms. The number of fused-ring (bicyclic) bond motifs is 3. The molecular weight excluding hydrogens is 452 g/mol. The number of pyridine rings is 1. The van der Waals surface area contributed by atoms with Crippen molar-refractivity contribution in [3.8, 4) is 0 Å². The molecule has 2 aliphatic carbocycles. The molecule has 2 aliphatic heterocycles. The normalized spacial score (nSPS) is 31.7. The van der Waals surface area contributed by atoms with E-state index in [9.17, 15) is 9.59 Å². The average Bonchev–Trinajstić information content (AvgIpc) is 3.47. The van der Waals surface area contributed by atoms with E-state index in [-0.39, 0.29) is 28.4 Å². The Hall–Kier alpha value is -2.02. The van der Waals surface area contributed by atoms with Crippen molar-refractivity contribution in [1.82, 2.24) is 9.88 Å². The number of benzene rings is 1. The lowest BCUT2D eigenvalue weighted by Crippen LogP contribution is -2.52. The van der Waals surface area contributed by atoms with Gasteiger partial charge in [0.2, 0.25) is 5.91 Å². The quantitative estimate of drug-likeness (QED) is 0.642. The monoisotopic (exact) mass is 473 g/mol. The van der Waals surface area contributed by atoms with E-state index in [1.807, 2.05) is 6.07 Å². The number of hydrogen-bond donors (Lipinski definition) is 1. The summed E-state index contributed by atoms with van der Waals surface area (Å²) in [4.78, 5) is 33.4. The first-order valence-corrected chi connectivity index (χ1v) is 11.9. The molecule has 1 N–H and O–H groups in total. The summed E-state index contributed by atoms with van der Waals surface area (Å²) in [7, 11) is 0. The fourth-order valence-electron chi connectivity index (χ4n) is 6.34. The van der Waals surface area contributed by atoms with Gasteiger partial charge in [0.1, 0.15) is 11.3 Å². The van der Waals surface area contributed by atoms with E-state index in [2.05, 4.69) is 15.2 Å². The molecule has 5 nitrogen and oxygen atoms in total. The first kappa shape index (κ1) is 20.6. The number of carbonyl (C=O) groups excluding carboxylic acids is 2. The highest BCUT2D eigenvalue weighted by Crippen LogP contribution is 2.62. The SMILES string of the molecule is O=C1CCC[C@H]2[C@@H]1[C@H](c1ccnc(Cl)c1F)[C@]1(C(=O)Nc3cc(Cl)ccc31)N2CC1CC1. The number of carbonyl (C=O) groups is 2. The number of ketones is 1. The van der Waals surface area contributed by atoms with Gasteiger partial charge in [-0.2, -0.15) is 0 Å². The van der Waals surface area contributed by atoms with Gasteiger partial charge in [0.25, 0.3) is 0 Å². The molecule has 166 valence electrons. The number of rotatable bonds is 3. The Morgan fingerprint density at radius 1 is 1.19 bits per heavy atom. The summed E-state index contributed by atoms with van der Waals surface area (Å²) in [6.45, 7) is 0.709. The molecule has 0 unspecified atom stereocenters. The molecule has 1 aromatic carbocycles. The van der Waals surface area contributed by atoms with Crippen molar-refractivity contribution in [2.45, 2.75) is 49.6 Å². The number of Topliss-reactive ketones (excluding diaryl/α,β-unsaturated/α-hetero) is 1. The minimum atomic E-state index is -1.19. The van der Waals surface area contributed by atoms with E-state index in [0.717, 1.165) is 31.2 Å². The lowest BCUT2D eigenvalue weighted by molar-refractivity contribution is -0.128. The first-order valence-electron chi connectivity index (χ1n) is 11.1. The summed E-state index contributed by atoms with van der Waals surface area (Å²) in [5.41, 5.74) is 0.474. The number of anilines is 1. The third-order valence-corrected chi connectivity index (χ3v) is 8.22. The number of hydrogen-bond acceptors (Lipinski definition) is 4. The van der Waals surface area contributed by atoms with Crippen molar-refractivity contribution in [2.24, 2.45) is 11.8 Å². The van der Waals surface area contributed by atoms with Crippen LogP contribution in [0, 0.1) is 17.7 Å². The maximum Gasteiger partial charge on any atom is 0.250 e. The van der Waals surface area contributed by atoms with Gasteiger partial charge in [-0.1, -0.05) is 29.3 Å². The van der Waals surface area contributed by atoms with Crippen LogP contribution in [0.15, 0.2) is 30.5 Å². The zero-order chi connectivity index (χ0) is 22.2. The fraction of sp³-hybridized carbons (Fsp3) is 0.458. The zero-order valence-electron chi connectivity index (χ0n) is 17.3. The predicted octanol–water partition coefficient (Wildman–Crippen LogP) is 4.92. The summed E-state index contributed by atoms with van der Waals surface area (Å²) in [5, 5.41) is 3.27. The van der Waals surface area contributed by atoms with E-state index in [0.29, 0.717) is 29.6 Å². The van der Waals surface area contributed by atoms with Gasteiger partial charge >= 0.3 is 0 Å². The van der Waals surface area contributed by atoms with Gasteiger partial charge in [0.05, 0.1) is 0 Å². The van der Waals surface area contributed by atoms with Crippen LogP contribution in [0.3, 0.4) is 0 Å². The van der Waals surface area contributed by atoms with Crippen LogP contribution in [0.25, 0.3) is 0 Å². The van der Waals surface area contributed by atoms with Gasteiger partial charge in [-0.3, -0.25) is 14.5 Å². The molecule has 1 amide bonds. The Labute approximate surface area is 195 Å². The summed E-state index contributed by atoms with van der Waals surface area (Å²) in [5.74, 6) is -1.48. The molecule has 1 aromatic heterocycles. The van der Waals surface area contributed by atoms with Crippen molar-refractivity contribution in [2.75, 3.05) is 11.9 Å². The summed E-state index contributed by atoms with van der Waals surface area (Å²) < 4.78 is 15.5. The summed E-state index contributed by atoms with van der Waals surface area (Å²) >= 11 is 12.3. The highest BCUT2D eigenvalue weighted by molar-refractivity contribution is 6.31. The Balaban J connectivity index is 1.65. The van der Waals surface area contributed by atoms with Crippen LogP contribution < -0.4 is 5.32 Å². The molecular formula is C24H22Cl2FN3O2. The zero-order valence-corrected chi connectivity index (χ0v) is 18.8. The number of amides is 1. The fourth-order valence-corrected chi connectivity index (χ4v) is 6.68. The van der Waals surface area contributed by atoms with Crippen LogP contribution in [0.5, 0.6) is 0 Å². The van der Waals surface area contributed by atoms with Crippen LogP contribution in [-0.4, -0.2) is 34.2 Å². The standard InChI is InChI=1S/C24H22Cl2FN3O2/c25-13-6-7-15-16(10-13)29-23(32)24(15)20(14-8-9-28-22(26)21(14)27)19-17(2-1-3-18(19)31)30(24)11-12-4-5-12/h6-10,12,17,19-20H,1-5,11H2,(H,29,32)/t17-,19-,20-,24+/m0/s1. The number of halogens is 3. The number of nitrogens with one attached hydrogen (secondary N) is 1. The average molecular weight is 474 g/mol. The Kier molecular flexibility index (Phi) is 4.66. The van der Waals surface area contributed by atoms with E-state index >= 15 is 4.39 Å². The second-order valence-corrected chi connectivity index (χ2v) is 10.2. The third kappa shape index (κ3) is 2.76. The Morgan fingerprint density at radius 2 is 2.00 bits per heavy atom.